The van der Waals surface area contributed by atoms with Gasteiger partial charge in [-0.2, -0.15) is 0 Å². The molecule has 2 aromatic rings. The number of benzene rings is 1. The summed E-state index contributed by atoms with van der Waals surface area (Å²) in [5, 5.41) is 0. The summed E-state index contributed by atoms with van der Waals surface area (Å²) in [5.41, 5.74) is 0.273. The van der Waals surface area contributed by atoms with E-state index in [4.69, 9.17) is 11.6 Å². The molecule has 18 heavy (non-hydrogen) atoms. The summed E-state index contributed by atoms with van der Waals surface area (Å²) in [4.78, 5) is 18.6. The van der Waals surface area contributed by atoms with E-state index in [0.29, 0.717) is 22.2 Å². The fourth-order valence-corrected chi connectivity index (χ4v) is 2.35. The summed E-state index contributed by atoms with van der Waals surface area (Å²) in [6.45, 7) is 0. The van der Waals surface area contributed by atoms with Crippen molar-refractivity contribution in [3.63, 3.8) is 0 Å². The summed E-state index contributed by atoms with van der Waals surface area (Å²) in [6.07, 6.45) is 0. The monoisotopic (exact) mass is 284 g/mol. The molecule has 0 aliphatic rings. The molecule has 0 fully saturated rings. The van der Waals surface area contributed by atoms with Gasteiger partial charge in [0.25, 0.3) is 5.56 Å². The largest absolute Gasteiger partial charge is 0.310 e. The number of H-pyrrole nitrogens is 1. The Labute approximate surface area is 112 Å². The van der Waals surface area contributed by atoms with Crippen LogP contribution in [0.4, 0.5) is 4.39 Å². The molecule has 2 rings (SSSR count). The van der Waals surface area contributed by atoms with Gasteiger partial charge in [0.2, 0.25) is 0 Å². The molecule has 0 amide bonds. The van der Waals surface area contributed by atoms with Crippen molar-refractivity contribution < 1.29 is 4.39 Å². The Morgan fingerprint density at radius 2 is 2.17 bits per heavy atom. The van der Waals surface area contributed by atoms with Gasteiger partial charge in [-0.1, -0.05) is 12.1 Å². The van der Waals surface area contributed by atoms with E-state index in [1.54, 1.807) is 18.2 Å². The molecule has 0 saturated heterocycles. The second-order valence-corrected chi connectivity index (χ2v) is 4.82. The fraction of sp³-hybridized carbons (Fsp3) is 0.167. The summed E-state index contributed by atoms with van der Waals surface area (Å²) in [6, 6.07) is 7.83. The predicted octanol–water partition coefficient (Wildman–Crippen LogP) is 2.94. The molecule has 0 aliphatic carbocycles. The number of nitrogens with one attached hydrogen (secondary N) is 1. The quantitative estimate of drug-likeness (QED) is 0.693. The molecule has 0 radical (unpaired) electrons. The zero-order valence-electron chi connectivity index (χ0n) is 9.32. The lowest BCUT2D eigenvalue weighted by atomic mass is 10.3. The minimum atomic E-state index is -0.279. The van der Waals surface area contributed by atoms with Crippen molar-refractivity contribution in [2.45, 2.75) is 16.5 Å². The van der Waals surface area contributed by atoms with Crippen molar-refractivity contribution in [1.82, 2.24) is 9.97 Å². The van der Waals surface area contributed by atoms with Crippen molar-refractivity contribution in [2.75, 3.05) is 0 Å². The highest BCUT2D eigenvalue weighted by atomic mass is 35.5. The molecule has 0 aliphatic heterocycles. The molecule has 0 atom stereocenters. The molecule has 3 nitrogen and oxygen atoms in total. The van der Waals surface area contributed by atoms with Gasteiger partial charge >= 0.3 is 0 Å². The highest BCUT2D eigenvalue weighted by Gasteiger charge is 2.05. The number of nitrogens with zero attached hydrogens (tertiary/aromatic N) is 1. The van der Waals surface area contributed by atoms with E-state index in [0.717, 1.165) is 0 Å². The van der Waals surface area contributed by atoms with E-state index in [-0.39, 0.29) is 17.3 Å². The Morgan fingerprint density at radius 1 is 1.39 bits per heavy atom. The summed E-state index contributed by atoms with van der Waals surface area (Å²) >= 11 is 6.91. The van der Waals surface area contributed by atoms with Gasteiger partial charge in [0, 0.05) is 11.0 Å². The van der Waals surface area contributed by atoms with Gasteiger partial charge in [-0.05, 0) is 12.1 Å². The molecular weight excluding hydrogens is 275 g/mol. The Bertz CT molecular complexity index is 603. The van der Waals surface area contributed by atoms with Crippen LogP contribution in [0.5, 0.6) is 0 Å². The van der Waals surface area contributed by atoms with E-state index >= 15 is 0 Å². The molecule has 1 aromatic carbocycles. The van der Waals surface area contributed by atoms with Gasteiger partial charge in [0.15, 0.2) is 0 Å². The predicted molar refractivity (Wildman–Crippen MR) is 70.4 cm³/mol. The normalized spacial score (nSPS) is 10.6. The molecule has 0 spiro atoms. The van der Waals surface area contributed by atoms with Crippen LogP contribution in [0.15, 0.2) is 40.0 Å². The number of alkyl halides is 1. The SMILES string of the molecule is O=c1cc(CCl)nc(CSc2ccccc2F)[nH]1. The number of rotatable bonds is 4. The Balaban J connectivity index is 2.13. The number of hydrogen-bond donors (Lipinski definition) is 1. The topological polar surface area (TPSA) is 45.8 Å². The lowest BCUT2D eigenvalue weighted by molar-refractivity contribution is 0.602. The lowest BCUT2D eigenvalue weighted by Gasteiger charge is -2.03. The van der Waals surface area contributed by atoms with E-state index in [1.807, 2.05) is 0 Å². The second kappa shape index (κ2) is 6.02. The van der Waals surface area contributed by atoms with Crippen LogP contribution < -0.4 is 5.56 Å². The fourth-order valence-electron chi connectivity index (χ4n) is 1.41. The molecule has 1 aromatic heterocycles. The van der Waals surface area contributed by atoms with Crippen molar-refractivity contribution >= 4 is 23.4 Å². The van der Waals surface area contributed by atoms with Crippen LogP contribution in [0.2, 0.25) is 0 Å². The average Bonchev–Trinajstić information content (AvgIpc) is 2.37. The molecule has 1 heterocycles. The summed E-state index contributed by atoms with van der Waals surface area (Å²) in [7, 11) is 0. The molecule has 0 saturated carbocycles. The zero-order valence-corrected chi connectivity index (χ0v) is 10.9. The number of aromatic nitrogens is 2. The van der Waals surface area contributed by atoms with Crippen LogP contribution >= 0.6 is 23.4 Å². The zero-order chi connectivity index (χ0) is 13.0. The maximum absolute atomic E-state index is 13.4. The third kappa shape index (κ3) is 3.34. The Hall–Kier alpha value is -1.33. The van der Waals surface area contributed by atoms with Gasteiger partial charge in [-0.25, -0.2) is 9.37 Å². The molecule has 0 bridgehead atoms. The van der Waals surface area contributed by atoms with E-state index in [1.165, 1.54) is 23.9 Å². The van der Waals surface area contributed by atoms with Crippen LogP contribution in [0.25, 0.3) is 0 Å². The van der Waals surface area contributed by atoms with Crippen LogP contribution in [0, 0.1) is 5.82 Å². The van der Waals surface area contributed by atoms with Crippen LogP contribution in [-0.2, 0) is 11.6 Å². The van der Waals surface area contributed by atoms with Crippen LogP contribution in [-0.4, -0.2) is 9.97 Å². The molecule has 6 heteroatoms. The lowest BCUT2D eigenvalue weighted by Crippen LogP contribution is -2.11. The number of thioether (sulfide) groups is 1. The first-order valence-corrected chi connectivity index (χ1v) is 6.73. The molecule has 94 valence electrons. The smallest absolute Gasteiger partial charge is 0.251 e. The minimum Gasteiger partial charge on any atom is -0.310 e. The van der Waals surface area contributed by atoms with Crippen molar-refractivity contribution in [3.05, 3.63) is 58.0 Å². The Kier molecular flexibility index (Phi) is 4.38. The van der Waals surface area contributed by atoms with Crippen LogP contribution in [0.3, 0.4) is 0 Å². The van der Waals surface area contributed by atoms with Crippen molar-refractivity contribution in [1.29, 1.82) is 0 Å². The molecule has 0 unspecified atom stereocenters. The average molecular weight is 285 g/mol. The molecular formula is C12H10ClFN2OS. The van der Waals surface area contributed by atoms with E-state index in [9.17, 15) is 9.18 Å². The first-order valence-electron chi connectivity index (χ1n) is 5.21. The third-order valence-corrected chi connectivity index (χ3v) is 3.52. The highest BCUT2D eigenvalue weighted by molar-refractivity contribution is 7.98. The number of hydrogen-bond acceptors (Lipinski definition) is 3. The maximum atomic E-state index is 13.4. The van der Waals surface area contributed by atoms with Gasteiger partial charge in [-0.3, -0.25) is 4.79 Å². The maximum Gasteiger partial charge on any atom is 0.251 e. The third-order valence-electron chi connectivity index (χ3n) is 2.18. The summed E-state index contributed by atoms with van der Waals surface area (Å²) < 4.78 is 13.4. The van der Waals surface area contributed by atoms with Crippen molar-refractivity contribution in [3.8, 4) is 0 Å². The highest BCUT2D eigenvalue weighted by Crippen LogP contribution is 2.23. The second-order valence-electron chi connectivity index (χ2n) is 3.54. The van der Waals surface area contributed by atoms with Crippen LogP contribution in [0.1, 0.15) is 11.5 Å². The van der Waals surface area contributed by atoms with E-state index < -0.39 is 0 Å². The first-order chi connectivity index (χ1) is 8.69. The number of aromatic amines is 1. The van der Waals surface area contributed by atoms with Gasteiger partial charge in [0.05, 0.1) is 17.3 Å². The van der Waals surface area contributed by atoms with Gasteiger partial charge in [0.1, 0.15) is 11.6 Å². The first kappa shape index (κ1) is 13.1. The standard InChI is InChI=1S/C12H10ClFN2OS/c13-6-8-5-12(17)16-11(15-8)7-18-10-4-2-1-3-9(10)14/h1-5H,6-7H2,(H,15,16,17). The number of halogens is 2. The van der Waals surface area contributed by atoms with Gasteiger partial charge < -0.3 is 4.98 Å². The van der Waals surface area contributed by atoms with Crippen molar-refractivity contribution in [2.24, 2.45) is 0 Å². The van der Waals surface area contributed by atoms with Gasteiger partial charge in [-0.15, -0.1) is 23.4 Å². The molecule has 1 N–H and O–H groups in total. The summed E-state index contributed by atoms with van der Waals surface area (Å²) in [5.74, 6) is 0.784. The Morgan fingerprint density at radius 3 is 2.89 bits per heavy atom. The minimum absolute atomic E-state index is 0.182. The van der Waals surface area contributed by atoms with E-state index in [2.05, 4.69) is 9.97 Å².